The van der Waals surface area contributed by atoms with Crippen molar-refractivity contribution in [3.05, 3.63) is 52.8 Å². The highest BCUT2D eigenvalue weighted by Gasteiger charge is 2.46. The first-order valence-corrected chi connectivity index (χ1v) is 18.6. The maximum absolute atomic E-state index is 17.2. The summed E-state index contributed by atoms with van der Waals surface area (Å²) in [6.07, 6.45) is 5.24. The molecule has 14 heteroatoms. The third-order valence-corrected chi connectivity index (χ3v) is 11.5. The minimum atomic E-state index is -0.976. The predicted octanol–water partition coefficient (Wildman–Crippen LogP) is 8.10. The van der Waals surface area contributed by atoms with Gasteiger partial charge in [0.2, 0.25) is 0 Å². The van der Waals surface area contributed by atoms with E-state index >= 15 is 8.78 Å². The van der Waals surface area contributed by atoms with Crippen LogP contribution in [0.4, 0.5) is 23.8 Å². The number of carbonyl (C=O) groups excluding carboxylic acids is 1. The van der Waals surface area contributed by atoms with Gasteiger partial charge in [0.1, 0.15) is 40.9 Å². The Morgan fingerprint density at radius 3 is 2.38 bits per heavy atom. The normalized spacial score (nSPS) is 21.1. The monoisotopic (exact) mass is 753 g/mol. The Labute approximate surface area is 311 Å². The summed E-state index contributed by atoms with van der Waals surface area (Å²) in [5.41, 5.74) is -1.39. The van der Waals surface area contributed by atoms with Gasteiger partial charge in [0.05, 0.1) is 28.2 Å². The van der Waals surface area contributed by atoms with Crippen molar-refractivity contribution in [3.63, 3.8) is 0 Å². The van der Waals surface area contributed by atoms with E-state index < -0.39 is 28.6 Å². The second kappa shape index (κ2) is 13.7. The number of carbonyl (C=O) groups is 1. The SMILES string of the molecule is COCOc1cc(-c2c(F)cc3c(N4C[C@H]5CC[C@@H](C4)N5C(=O)OC(C)(C)C)nc(OCC45CCCN4CCC5)nc3c2F)c2c(Cl)c(F)ccc2c1. The largest absolute Gasteiger partial charge is 0.468 e. The quantitative estimate of drug-likeness (QED) is 0.166. The third kappa shape index (κ3) is 6.48. The molecule has 2 bridgehead atoms. The van der Waals surface area contributed by atoms with Gasteiger partial charge in [0.15, 0.2) is 12.6 Å². The zero-order valence-corrected chi connectivity index (χ0v) is 31.1. The molecule has 0 radical (unpaired) electrons. The van der Waals surface area contributed by atoms with Crippen molar-refractivity contribution in [2.45, 2.75) is 82.5 Å². The lowest BCUT2D eigenvalue weighted by Gasteiger charge is -2.42. The van der Waals surface area contributed by atoms with Crippen LogP contribution in [0.1, 0.15) is 59.3 Å². The first kappa shape index (κ1) is 35.9. The van der Waals surface area contributed by atoms with E-state index in [4.69, 9.17) is 35.5 Å². The number of ether oxygens (including phenoxy) is 4. The molecule has 1 amide bonds. The average Bonchev–Trinajstić information content (AvgIpc) is 3.77. The first-order valence-electron chi connectivity index (χ1n) is 18.2. The summed E-state index contributed by atoms with van der Waals surface area (Å²) < 4.78 is 71.6. The molecule has 0 unspecified atom stereocenters. The summed E-state index contributed by atoms with van der Waals surface area (Å²) in [7, 11) is 1.45. The maximum Gasteiger partial charge on any atom is 0.410 e. The number of anilines is 1. The van der Waals surface area contributed by atoms with Gasteiger partial charge in [-0.25, -0.2) is 18.0 Å². The molecule has 53 heavy (non-hydrogen) atoms. The van der Waals surface area contributed by atoms with E-state index in [1.165, 1.54) is 31.4 Å². The van der Waals surface area contributed by atoms with Crippen LogP contribution in [-0.2, 0) is 9.47 Å². The van der Waals surface area contributed by atoms with Crippen LogP contribution in [0, 0.1) is 17.5 Å². The summed E-state index contributed by atoms with van der Waals surface area (Å²) in [5, 5.41) is 0.408. The molecule has 5 heterocycles. The van der Waals surface area contributed by atoms with Gasteiger partial charge in [0.25, 0.3) is 0 Å². The van der Waals surface area contributed by atoms with Crippen LogP contribution in [0.5, 0.6) is 11.8 Å². The Balaban J connectivity index is 1.25. The standard InChI is InChI=1S/C39H43ClF3N5O5/c1-38(2,3)53-37(49)48-23-8-9-24(48)19-46(18-23)35-27-17-29(42)31(26-16-25(52-21-50-4)15-22-7-10-28(41)32(40)30(22)26)33(43)34(27)44-36(45-35)51-20-39-11-5-13-47(39)14-6-12-39/h7,10,15-17,23-24H,5-6,8-9,11-14,18-21H2,1-4H3/t23-,24+. The number of nitrogens with zero attached hydrogens (tertiary/aromatic N) is 5. The second-order valence-corrected chi connectivity index (χ2v) is 16.0. The molecule has 0 N–H and O–H groups in total. The zero-order valence-electron chi connectivity index (χ0n) is 30.3. The topological polar surface area (TPSA) is 89.5 Å². The number of methoxy groups -OCH3 is 1. The molecular weight excluding hydrogens is 711 g/mol. The number of fused-ring (bicyclic) bond motifs is 5. The molecule has 0 aliphatic carbocycles. The summed E-state index contributed by atoms with van der Waals surface area (Å²) >= 11 is 6.48. The van der Waals surface area contributed by atoms with E-state index in [0.717, 1.165) is 51.6 Å². The molecule has 3 aromatic carbocycles. The number of piperazine rings is 1. The summed E-state index contributed by atoms with van der Waals surface area (Å²) in [6.45, 7) is 8.47. The van der Waals surface area contributed by atoms with Crippen LogP contribution in [0.2, 0.25) is 5.02 Å². The van der Waals surface area contributed by atoms with E-state index in [9.17, 15) is 9.18 Å². The lowest BCUT2D eigenvalue weighted by Crippen LogP contribution is -2.57. The van der Waals surface area contributed by atoms with E-state index in [2.05, 4.69) is 9.88 Å². The highest BCUT2D eigenvalue weighted by molar-refractivity contribution is 6.37. The lowest BCUT2D eigenvalue weighted by molar-refractivity contribution is 0.0122. The van der Waals surface area contributed by atoms with E-state index in [-0.39, 0.29) is 69.1 Å². The maximum atomic E-state index is 17.2. The van der Waals surface area contributed by atoms with Crippen LogP contribution < -0.4 is 14.4 Å². The lowest BCUT2D eigenvalue weighted by atomic mass is 9.95. The molecule has 0 saturated carbocycles. The molecule has 4 fully saturated rings. The molecule has 10 nitrogen and oxygen atoms in total. The molecule has 282 valence electrons. The Morgan fingerprint density at radius 2 is 1.70 bits per heavy atom. The van der Waals surface area contributed by atoms with Crippen molar-refractivity contribution in [2.75, 3.05) is 51.6 Å². The van der Waals surface area contributed by atoms with Crippen molar-refractivity contribution in [2.24, 2.45) is 0 Å². The fourth-order valence-electron chi connectivity index (χ4n) is 8.84. The Kier molecular flexibility index (Phi) is 9.26. The van der Waals surface area contributed by atoms with Gasteiger partial charge < -0.3 is 23.8 Å². The minimum Gasteiger partial charge on any atom is -0.468 e. The number of hydrogen-bond acceptors (Lipinski definition) is 9. The molecule has 4 aromatic rings. The van der Waals surface area contributed by atoms with E-state index in [1.807, 2.05) is 25.7 Å². The van der Waals surface area contributed by atoms with Gasteiger partial charge in [-0.05, 0) is 102 Å². The number of hydrogen-bond donors (Lipinski definition) is 0. The highest BCUT2D eigenvalue weighted by atomic mass is 35.5. The molecule has 8 rings (SSSR count). The summed E-state index contributed by atoms with van der Waals surface area (Å²) in [4.78, 5) is 28.9. The predicted molar refractivity (Wildman–Crippen MR) is 195 cm³/mol. The smallest absolute Gasteiger partial charge is 0.410 e. The van der Waals surface area contributed by atoms with Crippen molar-refractivity contribution >= 4 is 45.2 Å². The number of rotatable bonds is 8. The van der Waals surface area contributed by atoms with Crippen LogP contribution in [0.25, 0.3) is 32.8 Å². The van der Waals surface area contributed by atoms with Crippen molar-refractivity contribution < 1.29 is 36.9 Å². The Bertz CT molecular complexity index is 2070. The first-order chi connectivity index (χ1) is 25.4. The molecule has 2 atom stereocenters. The fraction of sp³-hybridized carbons (Fsp3) is 0.513. The van der Waals surface area contributed by atoms with Crippen molar-refractivity contribution in [3.8, 4) is 22.9 Å². The summed E-state index contributed by atoms with van der Waals surface area (Å²) in [6, 6.07) is 6.51. The van der Waals surface area contributed by atoms with Gasteiger partial charge in [0, 0.05) is 36.5 Å². The van der Waals surface area contributed by atoms with Gasteiger partial charge in [-0.15, -0.1) is 0 Å². The van der Waals surface area contributed by atoms with Gasteiger partial charge in [-0.3, -0.25) is 9.80 Å². The molecular formula is C39H43ClF3N5O5. The zero-order chi connectivity index (χ0) is 37.2. The molecule has 4 aliphatic rings. The number of halogens is 4. The van der Waals surface area contributed by atoms with Gasteiger partial charge in [-0.1, -0.05) is 17.7 Å². The van der Waals surface area contributed by atoms with E-state index in [0.29, 0.717) is 30.9 Å². The minimum absolute atomic E-state index is 0.00639. The Morgan fingerprint density at radius 1 is 0.981 bits per heavy atom. The number of aromatic nitrogens is 2. The van der Waals surface area contributed by atoms with Crippen molar-refractivity contribution in [1.29, 1.82) is 0 Å². The van der Waals surface area contributed by atoms with Crippen LogP contribution in [-0.4, -0.2) is 95.8 Å². The van der Waals surface area contributed by atoms with Gasteiger partial charge in [-0.2, -0.15) is 9.97 Å². The van der Waals surface area contributed by atoms with Crippen LogP contribution in [0.15, 0.2) is 30.3 Å². The molecule has 1 aromatic heterocycles. The molecule has 0 spiro atoms. The third-order valence-electron chi connectivity index (χ3n) is 11.1. The Hall–Kier alpha value is -4.07. The second-order valence-electron chi connectivity index (χ2n) is 15.6. The number of amides is 1. The van der Waals surface area contributed by atoms with Gasteiger partial charge >= 0.3 is 12.1 Å². The van der Waals surface area contributed by atoms with E-state index in [1.54, 1.807) is 11.0 Å². The van der Waals surface area contributed by atoms with Crippen molar-refractivity contribution in [1.82, 2.24) is 19.8 Å². The molecule has 4 aliphatic heterocycles. The number of benzene rings is 3. The molecule has 4 saturated heterocycles. The van der Waals surface area contributed by atoms with Crippen LogP contribution >= 0.6 is 11.6 Å². The average molecular weight is 754 g/mol. The fourth-order valence-corrected chi connectivity index (χ4v) is 9.11. The summed E-state index contributed by atoms with van der Waals surface area (Å²) in [5.74, 6) is -2.07. The highest BCUT2D eigenvalue weighted by Crippen LogP contribution is 2.45. The van der Waals surface area contributed by atoms with Crippen LogP contribution in [0.3, 0.4) is 0 Å².